The number of nitrogens with one attached hydrogen (secondary N) is 1. The molecule has 7 nitrogen and oxygen atoms in total. The highest BCUT2D eigenvalue weighted by Crippen LogP contribution is 2.22. The van der Waals surface area contributed by atoms with E-state index in [1.165, 1.54) is 0 Å². The molecule has 2 aliphatic rings. The van der Waals surface area contributed by atoms with Crippen molar-refractivity contribution in [3.8, 4) is 0 Å². The molecular weight excluding hydrogens is 298 g/mol. The molecule has 0 bridgehead atoms. The lowest BCUT2D eigenvalue weighted by Gasteiger charge is -2.30. The van der Waals surface area contributed by atoms with Gasteiger partial charge < -0.3 is 15.2 Å². The highest BCUT2D eigenvalue weighted by Gasteiger charge is 2.38. The van der Waals surface area contributed by atoms with Crippen LogP contribution in [-0.2, 0) is 24.2 Å². The van der Waals surface area contributed by atoms with E-state index in [0.717, 1.165) is 6.42 Å². The molecule has 3 unspecified atom stereocenters. The van der Waals surface area contributed by atoms with Crippen LogP contribution in [0.5, 0.6) is 0 Å². The zero-order valence-electron chi connectivity index (χ0n) is 11.8. The van der Waals surface area contributed by atoms with Gasteiger partial charge in [0.25, 0.3) is 0 Å². The second kappa shape index (κ2) is 6.74. The van der Waals surface area contributed by atoms with Crippen LogP contribution in [0, 0.1) is 5.92 Å². The van der Waals surface area contributed by atoms with E-state index in [9.17, 15) is 23.1 Å². The summed E-state index contributed by atoms with van der Waals surface area (Å²) in [5.74, 6) is -2.15. The Morgan fingerprint density at radius 2 is 1.95 bits per heavy atom. The third-order valence-electron chi connectivity index (χ3n) is 4.10. The molecule has 2 aliphatic heterocycles. The number of carboxylic acid groups (broad SMARTS) is 1. The van der Waals surface area contributed by atoms with Crippen LogP contribution in [0.15, 0.2) is 0 Å². The molecule has 2 saturated heterocycles. The maximum atomic E-state index is 12.2. The molecule has 0 aromatic heterocycles. The standard InChI is InChI=1S/C13H21NO6S/c15-12(10-5-1-2-7-21(10,18)19)14-11(13(16)17)9-4-3-6-20-8-9/h9-11H,1-8H2,(H,14,15)(H,16,17). The van der Waals surface area contributed by atoms with Crippen LogP contribution in [0.2, 0.25) is 0 Å². The molecular formula is C13H21NO6S. The van der Waals surface area contributed by atoms with Crippen LogP contribution >= 0.6 is 0 Å². The summed E-state index contributed by atoms with van der Waals surface area (Å²) < 4.78 is 29.1. The quantitative estimate of drug-likeness (QED) is 0.752. The minimum absolute atomic E-state index is 0.00460. The lowest BCUT2D eigenvalue weighted by Crippen LogP contribution is -2.53. The van der Waals surface area contributed by atoms with E-state index in [0.29, 0.717) is 25.9 Å². The normalized spacial score (nSPS) is 30.3. The van der Waals surface area contributed by atoms with Crippen molar-refractivity contribution in [2.45, 2.75) is 43.4 Å². The maximum Gasteiger partial charge on any atom is 0.326 e. The van der Waals surface area contributed by atoms with E-state index in [-0.39, 0.29) is 24.7 Å². The predicted octanol–water partition coefficient (Wildman–Crippen LogP) is -0.0503. The molecule has 8 heteroatoms. The number of hydrogen-bond acceptors (Lipinski definition) is 5. The van der Waals surface area contributed by atoms with Gasteiger partial charge in [-0.1, -0.05) is 6.42 Å². The molecule has 0 aromatic carbocycles. The summed E-state index contributed by atoms with van der Waals surface area (Å²) in [7, 11) is -3.46. The number of rotatable bonds is 4. The van der Waals surface area contributed by atoms with Gasteiger partial charge in [0.15, 0.2) is 9.84 Å². The summed E-state index contributed by atoms with van der Waals surface area (Å²) in [6, 6.07) is -1.09. The zero-order valence-corrected chi connectivity index (χ0v) is 12.6. The molecule has 0 aliphatic carbocycles. The van der Waals surface area contributed by atoms with Gasteiger partial charge in [0.1, 0.15) is 11.3 Å². The zero-order chi connectivity index (χ0) is 15.5. The second-order valence-electron chi connectivity index (χ2n) is 5.65. The predicted molar refractivity (Wildman–Crippen MR) is 74.5 cm³/mol. The molecule has 0 radical (unpaired) electrons. The summed E-state index contributed by atoms with van der Waals surface area (Å²) in [5, 5.41) is 10.6. The van der Waals surface area contributed by atoms with Crippen molar-refractivity contribution < 1.29 is 27.9 Å². The maximum absolute atomic E-state index is 12.2. The van der Waals surface area contributed by atoms with Gasteiger partial charge in [-0.15, -0.1) is 0 Å². The first-order valence-electron chi connectivity index (χ1n) is 7.24. The molecule has 1 amide bonds. The Morgan fingerprint density at radius 3 is 2.52 bits per heavy atom. The van der Waals surface area contributed by atoms with Crippen molar-refractivity contribution in [2.75, 3.05) is 19.0 Å². The van der Waals surface area contributed by atoms with Crippen molar-refractivity contribution in [2.24, 2.45) is 5.92 Å². The molecule has 2 heterocycles. The van der Waals surface area contributed by atoms with E-state index in [2.05, 4.69) is 5.32 Å². The van der Waals surface area contributed by atoms with Crippen LogP contribution < -0.4 is 5.32 Å². The van der Waals surface area contributed by atoms with Crippen molar-refractivity contribution in [1.29, 1.82) is 0 Å². The molecule has 2 N–H and O–H groups in total. The Balaban J connectivity index is 2.05. The van der Waals surface area contributed by atoms with Gasteiger partial charge in [0.05, 0.1) is 12.4 Å². The molecule has 2 fully saturated rings. The highest BCUT2D eigenvalue weighted by molar-refractivity contribution is 7.92. The summed E-state index contributed by atoms with van der Waals surface area (Å²) in [6.07, 6.45) is 2.88. The number of carboxylic acids is 1. The third-order valence-corrected chi connectivity index (χ3v) is 6.28. The topological polar surface area (TPSA) is 110 Å². The van der Waals surface area contributed by atoms with Crippen LogP contribution in [0.25, 0.3) is 0 Å². The fraction of sp³-hybridized carbons (Fsp3) is 0.846. The molecule has 120 valence electrons. The van der Waals surface area contributed by atoms with Crippen molar-refractivity contribution in [3.63, 3.8) is 0 Å². The van der Waals surface area contributed by atoms with Gasteiger partial charge in [-0.25, -0.2) is 13.2 Å². The van der Waals surface area contributed by atoms with E-state index in [4.69, 9.17) is 4.74 Å². The Hall–Kier alpha value is -1.15. The van der Waals surface area contributed by atoms with Gasteiger partial charge in [0, 0.05) is 12.5 Å². The highest BCUT2D eigenvalue weighted by atomic mass is 32.2. The van der Waals surface area contributed by atoms with Gasteiger partial charge >= 0.3 is 5.97 Å². The smallest absolute Gasteiger partial charge is 0.326 e. The third kappa shape index (κ3) is 3.94. The van der Waals surface area contributed by atoms with Gasteiger partial charge in [-0.3, -0.25) is 4.79 Å². The van der Waals surface area contributed by atoms with Gasteiger partial charge in [-0.05, 0) is 25.7 Å². The number of carbonyl (C=O) groups is 2. The summed E-state index contributed by atoms with van der Waals surface area (Å²) in [5.41, 5.74) is 0. The molecule has 21 heavy (non-hydrogen) atoms. The van der Waals surface area contributed by atoms with Crippen LogP contribution in [-0.4, -0.2) is 55.7 Å². The minimum Gasteiger partial charge on any atom is -0.480 e. The summed E-state index contributed by atoms with van der Waals surface area (Å²) in [4.78, 5) is 23.5. The van der Waals surface area contributed by atoms with Crippen LogP contribution in [0.4, 0.5) is 0 Å². The van der Waals surface area contributed by atoms with E-state index in [1.54, 1.807) is 0 Å². The fourth-order valence-electron chi connectivity index (χ4n) is 2.90. The number of ether oxygens (including phenoxy) is 1. The van der Waals surface area contributed by atoms with E-state index < -0.39 is 33.0 Å². The summed E-state index contributed by atoms with van der Waals surface area (Å²) in [6.45, 7) is 0.864. The van der Waals surface area contributed by atoms with Gasteiger partial charge in [-0.2, -0.15) is 0 Å². The van der Waals surface area contributed by atoms with Gasteiger partial charge in [0.2, 0.25) is 5.91 Å². The molecule has 0 spiro atoms. The average Bonchev–Trinajstić information content (AvgIpc) is 2.44. The van der Waals surface area contributed by atoms with Crippen molar-refractivity contribution >= 4 is 21.7 Å². The monoisotopic (exact) mass is 319 g/mol. The number of hydrogen-bond donors (Lipinski definition) is 2. The molecule has 3 atom stereocenters. The second-order valence-corrected chi connectivity index (χ2v) is 7.96. The first kappa shape index (κ1) is 16.2. The summed E-state index contributed by atoms with van der Waals surface area (Å²) >= 11 is 0. The lowest BCUT2D eigenvalue weighted by molar-refractivity contribution is -0.145. The Bertz CT molecular complexity index is 497. The average molecular weight is 319 g/mol. The van der Waals surface area contributed by atoms with Crippen molar-refractivity contribution in [3.05, 3.63) is 0 Å². The Kier molecular flexibility index (Phi) is 5.21. The number of carbonyl (C=O) groups excluding carboxylic acids is 1. The SMILES string of the molecule is O=C(O)C(NC(=O)C1CCCCS1(=O)=O)C1CCCOC1. The lowest BCUT2D eigenvalue weighted by atomic mass is 9.93. The molecule has 0 aromatic rings. The largest absolute Gasteiger partial charge is 0.480 e. The van der Waals surface area contributed by atoms with Crippen LogP contribution in [0.3, 0.4) is 0 Å². The minimum atomic E-state index is -3.46. The van der Waals surface area contributed by atoms with Crippen molar-refractivity contribution in [1.82, 2.24) is 5.32 Å². The number of sulfone groups is 1. The van der Waals surface area contributed by atoms with Crippen LogP contribution in [0.1, 0.15) is 32.1 Å². The molecule has 0 saturated carbocycles. The Labute approximate surface area is 124 Å². The number of aliphatic carboxylic acids is 1. The fourth-order valence-corrected chi connectivity index (χ4v) is 4.72. The molecule has 2 rings (SSSR count). The van der Waals surface area contributed by atoms with E-state index >= 15 is 0 Å². The first-order valence-corrected chi connectivity index (χ1v) is 8.96. The number of amides is 1. The Morgan fingerprint density at radius 1 is 1.19 bits per heavy atom. The first-order chi connectivity index (χ1) is 9.92. The van der Waals surface area contributed by atoms with E-state index in [1.807, 2.05) is 0 Å².